The van der Waals surface area contributed by atoms with Crippen molar-refractivity contribution in [2.75, 3.05) is 11.5 Å². The molecule has 0 aliphatic rings. The summed E-state index contributed by atoms with van der Waals surface area (Å²) >= 11 is 0. The standard InChI is InChI=1S/C11H12N2.ClH/c1-7-6-10(12)8-4-2-3-5-9(8)11(7)13;/h2-6H,12-13H2,1H3;1H. The Kier molecular flexibility index (Phi) is 2.87. The summed E-state index contributed by atoms with van der Waals surface area (Å²) in [5, 5.41) is 2.07. The van der Waals surface area contributed by atoms with Crippen LogP contribution < -0.4 is 11.5 Å². The molecule has 0 radical (unpaired) electrons. The molecular weight excluding hydrogens is 196 g/mol. The Morgan fingerprint density at radius 1 is 1.00 bits per heavy atom. The van der Waals surface area contributed by atoms with Crippen molar-refractivity contribution in [3.8, 4) is 0 Å². The fourth-order valence-corrected chi connectivity index (χ4v) is 1.57. The number of hydrogen-bond donors (Lipinski definition) is 2. The van der Waals surface area contributed by atoms with Crippen LogP contribution in [0, 0.1) is 6.92 Å². The number of benzene rings is 2. The van der Waals surface area contributed by atoms with Gasteiger partial charge in [0.15, 0.2) is 0 Å². The van der Waals surface area contributed by atoms with Gasteiger partial charge in [0.05, 0.1) is 0 Å². The highest BCUT2D eigenvalue weighted by Crippen LogP contribution is 2.29. The van der Waals surface area contributed by atoms with Crippen LogP contribution >= 0.6 is 12.4 Å². The third-order valence-corrected chi connectivity index (χ3v) is 2.33. The summed E-state index contributed by atoms with van der Waals surface area (Å²) in [6, 6.07) is 9.83. The summed E-state index contributed by atoms with van der Waals surface area (Å²) in [5.41, 5.74) is 14.5. The van der Waals surface area contributed by atoms with Gasteiger partial charge in [-0.25, -0.2) is 0 Å². The highest BCUT2D eigenvalue weighted by molar-refractivity contribution is 6.01. The Bertz CT molecular complexity index is 466. The largest absolute Gasteiger partial charge is 0.398 e. The molecule has 74 valence electrons. The highest BCUT2D eigenvalue weighted by atomic mass is 35.5. The predicted octanol–water partition coefficient (Wildman–Crippen LogP) is 2.73. The van der Waals surface area contributed by atoms with Crippen LogP contribution in [0.25, 0.3) is 10.8 Å². The zero-order chi connectivity index (χ0) is 9.42. The molecule has 0 bridgehead atoms. The van der Waals surface area contributed by atoms with Gasteiger partial charge in [0.25, 0.3) is 0 Å². The second kappa shape index (κ2) is 3.76. The van der Waals surface area contributed by atoms with Crippen LogP contribution in [0.3, 0.4) is 0 Å². The molecule has 4 N–H and O–H groups in total. The van der Waals surface area contributed by atoms with E-state index < -0.39 is 0 Å². The van der Waals surface area contributed by atoms with Gasteiger partial charge in [-0.05, 0) is 18.6 Å². The first-order valence-electron chi connectivity index (χ1n) is 4.23. The minimum absolute atomic E-state index is 0. The van der Waals surface area contributed by atoms with E-state index in [1.807, 2.05) is 37.3 Å². The van der Waals surface area contributed by atoms with E-state index in [0.717, 1.165) is 27.7 Å². The Labute approximate surface area is 89.3 Å². The number of hydrogen-bond acceptors (Lipinski definition) is 2. The van der Waals surface area contributed by atoms with Gasteiger partial charge in [-0.3, -0.25) is 0 Å². The van der Waals surface area contributed by atoms with Crippen molar-refractivity contribution in [2.24, 2.45) is 0 Å². The zero-order valence-corrected chi connectivity index (χ0v) is 8.77. The Hall–Kier alpha value is -1.41. The van der Waals surface area contributed by atoms with Crippen LogP contribution in [0.4, 0.5) is 11.4 Å². The number of halogens is 1. The van der Waals surface area contributed by atoms with Crippen molar-refractivity contribution in [3.63, 3.8) is 0 Å². The van der Waals surface area contributed by atoms with Crippen LogP contribution in [-0.4, -0.2) is 0 Å². The first-order valence-corrected chi connectivity index (χ1v) is 4.23. The predicted molar refractivity (Wildman–Crippen MR) is 64.8 cm³/mol. The lowest BCUT2D eigenvalue weighted by Gasteiger charge is -2.07. The number of fused-ring (bicyclic) bond motifs is 1. The molecule has 0 heterocycles. The second-order valence-electron chi connectivity index (χ2n) is 3.24. The maximum atomic E-state index is 5.93. The molecule has 0 fully saturated rings. The summed E-state index contributed by atoms with van der Waals surface area (Å²) in [7, 11) is 0. The Morgan fingerprint density at radius 2 is 1.57 bits per heavy atom. The van der Waals surface area contributed by atoms with Gasteiger partial charge in [-0.1, -0.05) is 24.3 Å². The summed E-state index contributed by atoms with van der Waals surface area (Å²) in [6.45, 7) is 1.97. The summed E-state index contributed by atoms with van der Waals surface area (Å²) in [5.74, 6) is 0. The lowest BCUT2D eigenvalue weighted by molar-refractivity contribution is 1.50. The monoisotopic (exact) mass is 208 g/mol. The van der Waals surface area contributed by atoms with Gasteiger partial charge < -0.3 is 11.5 Å². The lowest BCUT2D eigenvalue weighted by Crippen LogP contribution is -1.95. The Morgan fingerprint density at radius 3 is 2.21 bits per heavy atom. The number of nitrogens with two attached hydrogens (primary N) is 2. The van der Waals surface area contributed by atoms with Gasteiger partial charge in [-0.2, -0.15) is 0 Å². The number of aryl methyl sites for hydroxylation is 1. The molecule has 0 spiro atoms. The molecular formula is C11H13ClN2. The molecule has 2 nitrogen and oxygen atoms in total. The minimum atomic E-state index is 0. The molecule has 0 saturated heterocycles. The Balaban J connectivity index is 0.000000980. The molecule has 0 aliphatic carbocycles. The summed E-state index contributed by atoms with van der Waals surface area (Å²) in [6.07, 6.45) is 0. The minimum Gasteiger partial charge on any atom is -0.398 e. The average Bonchev–Trinajstić information content (AvgIpc) is 2.15. The fraction of sp³-hybridized carbons (Fsp3) is 0.0909. The van der Waals surface area contributed by atoms with E-state index in [1.54, 1.807) is 0 Å². The van der Waals surface area contributed by atoms with Gasteiger partial charge in [0.2, 0.25) is 0 Å². The van der Waals surface area contributed by atoms with Gasteiger partial charge in [0, 0.05) is 22.1 Å². The third kappa shape index (κ3) is 1.49. The molecule has 0 aromatic heterocycles. The normalized spacial score (nSPS) is 9.79. The first kappa shape index (κ1) is 10.7. The summed E-state index contributed by atoms with van der Waals surface area (Å²) < 4.78 is 0. The fourth-order valence-electron chi connectivity index (χ4n) is 1.57. The van der Waals surface area contributed by atoms with Gasteiger partial charge >= 0.3 is 0 Å². The maximum Gasteiger partial charge on any atom is 0.0424 e. The molecule has 0 amide bonds. The maximum absolute atomic E-state index is 5.93. The van der Waals surface area contributed by atoms with E-state index in [0.29, 0.717) is 0 Å². The number of rotatable bonds is 0. The van der Waals surface area contributed by atoms with Crippen molar-refractivity contribution in [1.29, 1.82) is 0 Å². The SMILES string of the molecule is Cc1cc(N)c2ccccc2c1N.Cl. The lowest BCUT2D eigenvalue weighted by atomic mass is 10.0. The van der Waals surface area contributed by atoms with Crippen molar-refractivity contribution in [2.45, 2.75) is 6.92 Å². The quantitative estimate of drug-likeness (QED) is 0.655. The van der Waals surface area contributed by atoms with Gasteiger partial charge in [-0.15, -0.1) is 12.4 Å². The van der Waals surface area contributed by atoms with Crippen molar-refractivity contribution in [3.05, 3.63) is 35.9 Å². The second-order valence-corrected chi connectivity index (χ2v) is 3.24. The van der Waals surface area contributed by atoms with Gasteiger partial charge in [0.1, 0.15) is 0 Å². The van der Waals surface area contributed by atoms with Crippen LogP contribution in [-0.2, 0) is 0 Å². The molecule has 2 rings (SSSR count). The van der Waals surface area contributed by atoms with E-state index in [2.05, 4.69) is 0 Å². The van der Waals surface area contributed by atoms with E-state index in [-0.39, 0.29) is 12.4 Å². The molecule has 0 unspecified atom stereocenters. The van der Waals surface area contributed by atoms with E-state index in [1.165, 1.54) is 0 Å². The van der Waals surface area contributed by atoms with Crippen LogP contribution in [0.2, 0.25) is 0 Å². The van der Waals surface area contributed by atoms with Crippen molar-refractivity contribution < 1.29 is 0 Å². The van der Waals surface area contributed by atoms with E-state index >= 15 is 0 Å². The molecule has 14 heavy (non-hydrogen) atoms. The molecule has 2 aromatic rings. The van der Waals surface area contributed by atoms with Crippen LogP contribution in [0.1, 0.15) is 5.56 Å². The number of anilines is 2. The molecule has 0 aliphatic heterocycles. The first-order chi connectivity index (χ1) is 6.20. The third-order valence-electron chi connectivity index (χ3n) is 2.33. The molecule has 0 saturated carbocycles. The van der Waals surface area contributed by atoms with Crippen LogP contribution in [0.15, 0.2) is 30.3 Å². The average molecular weight is 209 g/mol. The number of nitrogen functional groups attached to an aromatic ring is 2. The zero-order valence-electron chi connectivity index (χ0n) is 7.95. The van der Waals surface area contributed by atoms with Crippen LogP contribution in [0.5, 0.6) is 0 Å². The molecule has 3 heteroatoms. The molecule has 0 atom stereocenters. The van der Waals surface area contributed by atoms with E-state index in [9.17, 15) is 0 Å². The topological polar surface area (TPSA) is 52.0 Å². The summed E-state index contributed by atoms with van der Waals surface area (Å²) in [4.78, 5) is 0. The highest BCUT2D eigenvalue weighted by Gasteiger charge is 2.03. The smallest absolute Gasteiger partial charge is 0.0424 e. The molecule has 2 aromatic carbocycles. The van der Waals surface area contributed by atoms with E-state index in [4.69, 9.17) is 11.5 Å². The van der Waals surface area contributed by atoms with Crippen molar-refractivity contribution in [1.82, 2.24) is 0 Å². The van der Waals surface area contributed by atoms with Crippen molar-refractivity contribution >= 4 is 34.6 Å².